The fraction of sp³-hybridized carbons (Fsp3) is 0.370. The molecule has 2 fully saturated rings. The fourth-order valence-electron chi connectivity index (χ4n) is 5.73. The van der Waals surface area contributed by atoms with Gasteiger partial charge in [0.15, 0.2) is 0 Å². The van der Waals surface area contributed by atoms with Gasteiger partial charge in [-0.2, -0.15) is 0 Å². The maximum absolute atomic E-state index is 12.9. The molecule has 2 saturated carbocycles. The van der Waals surface area contributed by atoms with E-state index < -0.39 is 17.5 Å². The number of carbonyl (C=O) groups is 3. The largest absolute Gasteiger partial charge is 0.472 e. The van der Waals surface area contributed by atoms with Crippen LogP contribution in [-0.2, 0) is 14.3 Å². The van der Waals surface area contributed by atoms with Crippen molar-refractivity contribution in [1.82, 2.24) is 10.6 Å². The van der Waals surface area contributed by atoms with E-state index in [-0.39, 0.29) is 36.9 Å². The molecule has 3 aliphatic rings. The molecule has 2 aromatic carbocycles. The lowest BCUT2D eigenvalue weighted by molar-refractivity contribution is -0.130. The van der Waals surface area contributed by atoms with Gasteiger partial charge in [0.2, 0.25) is 5.91 Å². The number of nitrogens with one attached hydrogen (secondary N) is 2. The Balaban J connectivity index is 1.20. The normalized spacial score (nSPS) is 20.7. The topological polar surface area (TPSA) is 105 Å². The van der Waals surface area contributed by atoms with E-state index in [0.29, 0.717) is 6.42 Å². The number of hydrogen-bond acceptors (Lipinski definition) is 4. The first-order chi connectivity index (χ1) is 16.5. The van der Waals surface area contributed by atoms with E-state index in [1.807, 2.05) is 30.2 Å². The molecule has 0 radical (unpaired) electrons. The average molecular weight is 459 g/mol. The van der Waals surface area contributed by atoms with Crippen molar-refractivity contribution in [2.24, 2.45) is 10.8 Å². The summed E-state index contributed by atoms with van der Waals surface area (Å²) >= 11 is 0. The molecule has 2 amide bonds. The number of alkyl carbamates (subject to hydrolysis) is 1. The van der Waals surface area contributed by atoms with Crippen LogP contribution in [0.3, 0.4) is 0 Å². The lowest BCUT2D eigenvalue weighted by Crippen LogP contribution is -2.45. The Hall–Kier alpha value is -3.79. The van der Waals surface area contributed by atoms with Gasteiger partial charge in [-0.3, -0.25) is 4.79 Å². The molecule has 1 unspecified atom stereocenters. The SMILES string of the molecule is O=C(O)C#CCNC(=O)C1(CNC(=O)OCC2c3ccccc3-c3ccccc32)CC12CCC2. The Morgan fingerprint density at radius 1 is 1.00 bits per heavy atom. The van der Waals surface area contributed by atoms with Crippen LogP contribution in [-0.4, -0.2) is 42.8 Å². The number of rotatable bonds is 6. The maximum atomic E-state index is 12.9. The van der Waals surface area contributed by atoms with E-state index in [1.54, 1.807) is 0 Å². The van der Waals surface area contributed by atoms with Crippen molar-refractivity contribution in [3.05, 3.63) is 59.7 Å². The monoisotopic (exact) mass is 458 g/mol. The van der Waals surface area contributed by atoms with Crippen molar-refractivity contribution >= 4 is 18.0 Å². The number of benzene rings is 2. The highest BCUT2D eigenvalue weighted by Gasteiger charge is 2.73. The molecule has 1 atom stereocenters. The van der Waals surface area contributed by atoms with Crippen molar-refractivity contribution in [3.8, 4) is 23.0 Å². The van der Waals surface area contributed by atoms with Gasteiger partial charge in [0.05, 0.1) is 12.0 Å². The van der Waals surface area contributed by atoms with Crippen molar-refractivity contribution in [2.75, 3.05) is 19.7 Å². The summed E-state index contributed by atoms with van der Waals surface area (Å²) in [4.78, 5) is 36.1. The van der Waals surface area contributed by atoms with Gasteiger partial charge in [0, 0.05) is 18.4 Å². The minimum Gasteiger partial charge on any atom is -0.472 e. The van der Waals surface area contributed by atoms with E-state index in [0.717, 1.165) is 30.4 Å². The Labute approximate surface area is 197 Å². The summed E-state index contributed by atoms with van der Waals surface area (Å²) in [6.45, 7) is 0.380. The van der Waals surface area contributed by atoms with E-state index in [2.05, 4.69) is 40.8 Å². The second-order valence-electron chi connectivity index (χ2n) is 9.36. The van der Waals surface area contributed by atoms with Crippen LogP contribution >= 0.6 is 0 Å². The zero-order valence-electron chi connectivity index (χ0n) is 18.7. The van der Waals surface area contributed by atoms with Gasteiger partial charge in [0.1, 0.15) is 6.61 Å². The number of aliphatic carboxylic acids is 1. The molecule has 1 spiro atoms. The molecule has 3 N–H and O–H groups in total. The Morgan fingerprint density at radius 2 is 1.65 bits per heavy atom. The fourth-order valence-corrected chi connectivity index (χ4v) is 5.73. The molecule has 7 nitrogen and oxygen atoms in total. The molecule has 7 heteroatoms. The third kappa shape index (κ3) is 3.69. The standard InChI is InChI=1S/C27H26N2O5/c30-23(31)11-5-14-28-24(32)27(16-26(27)12-6-13-26)17-29-25(33)34-15-22-20-9-3-1-7-18(20)19-8-2-4-10-21(19)22/h1-4,7-10,22H,6,12-17H2,(H,28,32)(H,29,33)(H,30,31). The number of amides is 2. The third-order valence-electron chi connectivity index (χ3n) is 7.69. The zero-order chi connectivity index (χ0) is 23.8. The summed E-state index contributed by atoms with van der Waals surface area (Å²) in [6, 6.07) is 16.3. The predicted octanol–water partition coefficient (Wildman–Crippen LogP) is 3.29. The minimum absolute atomic E-state index is 0.0258. The molecule has 174 valence electrons. The zero-order valence-corrected chi connectivity index (χ0v) is 18.7. The summed E-state index contributed by atoms with van der Waals surface area (Å²) in [6.07, 6.45) is 3.14. The Kier molecular flexibility index (Phi) is 5.52. The number of carboxylic acids is 1. The number of hydrogen-bond donors (Lipinski definition) is 3. The summed E-state index contributed by atoms with van der Waals surface area (Å²) in [5.74, 6) is 2.96. The van der Waals surface area contributed by atoms with Gasteiger partial charge in [-0.25, -0.2) is 9.59 Å². The molecule has 0 aromatic heterocycles. The number of carboxylic acid groups (broad SMARTS) is 1. The summed E-state index contributed by atoms with van der Waals surface area (Å²) in [5.41, 5.74) is 3.86. The minimum atomic E-state index is -1.23. The lowest BCUT2D eigenvalue weighted by atomic mass is 9.74. The molecule has 5 rings (SSSR count). The van der Waals surface area contributed by atoms with Gasteiger partial charge < -0.3 is 20.5 Å². The summed E-state index contributed by atoms with van der Waals surface area (Å²) < 4.78 is 5.62. The predicted molar refractivity (Wildman–Crippen MR) is 125 cm³/mol. The van der Waals surface area contributed by atoms with Crippen LogP contribution in [0.15, 0.2) is 48.5 Å². The third-order valence-corrected chi connectivity index (χ3v) is 7.69. The van der Waals surface area contributed by atoms with Crippen LogP contribution in [0.5, 0.6) is 0 Å². The van der Waals surface area contributed by atoms with Crippen LogP contribution in [0.2, 0.25) is 0 Å². The Bertz CT molecular complexity index is 1180. The van der Waals surface area contributed by atoms with Crippen molar-refractivity contribution < 1.29 is 24.2 Å². The van der Waals surface area contributed by atoms with Crippen LogP contribution < -0.4 is 10.6 Å². The summed E-state index contributed by atoms with van der Waals surface area (Å²) in [7, 11) is 0. The molecule has 0 heterocycles. The quantitative estimate of drug-likeness (QED) is 0.576. The van der Waals surface area contributed by atoms with E-state index >= 15 is 0 Å². The Morgan fingerprint density at radius 3 is 2.21 bits per heavy atom. The van der Waals surface area contributed by atoms with Gasteiger partial charge in [-0.1, -0.05) is 60.9 Å². The first-order valence-electron chi connectivity index (χ1n) is 11.5. The summed E-state index contributed by atoms with van der Waals surface area (Å²) in [5, 5.41) is 14.2. The van der Waals surface area contributed by atoms with Gasteiger partial charge in [-0.05, 0) is 46.9 Å². The van der Waals surface area contributed by atoms with Gasteiger partial charge in [-0.15, -0.1) is 0 Å². The second-order valence-corrected chi connectivity index (χ2v) is 9.36. The van der Waals surface area contributed by atoms with Crippen molar-refractivity contribution in [2.45, 2.75) is 31.6 Å². The molecular formula is C27H26N2O5. The van der Waals surface area contributed by atoms with Crippen LogP contribution in [0.25, 0.3) is 11.1 Å². The van der Waals surface area contributed by atoms with Crippen LogP contribution in [0, 0.1) is 22.7 Å². The first kappa shape index (κ1) is 22.0. The highest BCUT2D eigenvalue weighted by atomic mass is 16.5. The number of carbonyl (C=O) groups excluding carboxylic acids is 2. The average Bonchev–Trinajstić information content (AvgIpc) is 3.43. The van der Waals surface area contributed by atoms with Crippen LogP contribution in [0.1, 0.15) is 42.7 Å². The molecular weight excluding hydrogens is 432 g/mol. The lowest BCUT2D eigenvalue weighted by Gasteiger charge is -2.32. The smallest absolute Gasteiger partial charge is 0.407 e. The van der Waals surface area contributed by atoms with E-state index in [1.165, 1.54) is 11.1 Å². The van der Waals surface area contributed by atoms with Crippen LogP contribution in [0.4, 0.5) is 4.79 Å². The van der Waals surface area contributed by atoms with Crippen molar-refractivity contribution in [3.63, 3.8) is 0 Å². The first-order valence-corrected chi connectivity index (χ1v) is 11.5. The van der Waals surface area contributed by atoms with E-state index in [9.17, 15) is 14.4 Å². The number of fused-ring (bicyclic) bond motifs is 3. The number of ether oxygens (including phenoxy) is 1. The molecule has 34 heavy (non-hydrogen) atoms. The molecule has 0 bridgehead atoms. The molecule has 2 aromatic rings. The van der Waals surface area contributed by atoms with Gasteiger partial charge in [0.25, 0.3) is 0 Å². The molecule has 0 saturated heterocycles. The molecule has 3 aliphatic carbocycles. The highest BCUT2D eigenvalue weighted by molar-refractivity contribution is 5.89. The van der Waals surface area contributed by atoms with Crippen molar-refractivity contribution in [1.29, 1.82) is 0 Å². The van der Waals surface area contributed by atoms with E-state index in [4.69, 9.17) is 9.84 Å². The highest BCUT2D eigenvalue weighted by Crippen LogP contribution is 2.73. The van der Waals surface area contributed by atoms with Gasteiger partial charge >= 0.3 is 12.1 Å². The molecule has 0 aliphatic heterocycles. The maximum Gasteiger partial charge on any atom is 0.407 e. The second kappa shape index (κ2) is 8.53.